The maximum Gasteiger partial charge on any atom is 0.251 e. The molecule has 1 heterocycles. The summed E-state index contributed by atoms with van der Waals surface area (Å²) in [4.78, 5) is 27.7. The smallest absolute Gasteiger partial charge is 0.251 e. The zero-order valence-corrected chi connectivity index (χ0v) is 18.3. The van der Waals surface area contributed by atoms with Crippen LogP contribution in [0.15, 0.2) is 48.5 Å². The topological polar surface area (TPSA) is 70.7 Å². The first-order chi connectivity index (χ1) is 15.3. The van der Waals surface area contributed by atoms with Crippen molar-refractivity contribution in [1.82, 2.24) is 15.5 Å². The fourth-order valence-electron chi connectivity index (χ4n) is 3.70. The number of rotatable bonds is 8. The lowest BCUT2D eigenvalue weighted by molar-refractivity contribution is -0.124. The fourth-order valence-corrected chi connectivity index (χ4v) is 3.70. The summed E-state index contributed by atoms with van der Waals surface area (Å²) in [6, 6.07) is 10.5. The highest BCUT2D eigenvalue weighted by molar-refractivity contribution is 5.97. The largest absolute Gasteiger partial charge is 0.379 e. The summed E-state index contributed by atoms with van der Waals surface area (Å²) < 4.78 is 32.0. The van der Waals surface area contributed by atoms with Crippen LogP contribution in [0.2, 0.25) is 0 Å². The first-order valence-corrected chi connectivity index (χ1v) is 10.8. The quantitative estimate of drug-likeness (QED) is 0.656. The molecule has 2 amide bonds. The van der Waals surface area contributed by atoms with Crippen LogP contribution in [0.3, 0.4) is 0 Å². The van der Waals surface area contributed by atoms with E-state index in [2.05, 4.69) is 15.5 Å². The molecule has 2 aromatic rings. The van der Waals surface area contributed by atoms with Gasteiger partial charge >= 0.3 is 0 Å². The lowest BCUT2D eigenvalue weighted by atomic mass is 10.0. The zero-order chi connectivity index (χ0) is 23.1. The van der Waals surface area contributed by atoms with Crippen LogP contribution in [0.1, 0.15) is 35.8 Å². The van der Waals surface area contributed by atoms with Crippen LogP contribution in [0, 0.1) is 17.6 Å². The first-order valence-electron chi connectivity index (χ1n) is 10.8. The molecule has 32 heavy (non-hydrogen) atoms. The lowest BCUT2D eigenvalue weighted by Gasteiger charge is -2.35. The van der Waals surface area contributed by atoms with Crippen molar-refractivity contribution in [3.63, 3.8) is 0 Å². The van der Waals surface area contributed by atoms with Gasteiger partial charge in [-0.3, -0.25) is 14.5 Å². The Bertz CT molecular complexity index is 898. The summed E-state index contributed by atoms with van der Waals surface area (Å²) in [5.74, 6) is -1.67. The van der Waals surface area contributed by atoms with E-state index >= 15 is 0 Å². The van der Waals surface area contributed by atoms with Crippen LogP contribution in [-0.2, 0) is 9.53 Å². The monoisotopic (exact) mass is 445 g/mol. The number of hydrogen-bond donors (Lipinski definition) is 2. The van der Waals surface area contributed by atoms with Crippen LogP contribution >= 0.6 is 0 Å². The third-order valence-corrected chi connectivity index (χ3v) is 5.55. The Kier molecular flexibility index (Phi) is 8.30. The number of nitrogens with one attached hydrogen (secondary N) is 2. The molecule has 1 fully saturated rings. The van der Waals surface area contributed by atoms with Crippen molar-refractivity contribution in [3.8, 4) is 0 Å². The number of carbonyl (C=O) groups excluding carboxylic acids is 2. The van der Waals surface area contributed by atoms with Gasteiger partial charge in [0.05, 0.1) is 19.3 Å². The average Bonchev–Trinajstić information content (AvgIpc) is 2.79. The Morgan fingerprint density at radius 1 is 0.969 bits per heavy atom. The zero-order valence-electron chi connectivity index (χ0n) is 18.3. The van der Waals surface area contributed by atoms with E-state index in [0.29, 0.717) is 32.8 Å². The second-order valence-electron chi connectivity index (χ2n) is 8.16. The van der Waals surface area contributed by atoms with Gasteiger partial charge in [0.1, 0.15) is 17.7 Å². The molecule has 2 unspecified atom stereocenters. The number of morpholine rings is 1. The highest BCUT2D eigenvalue weighted by Gasteiger charge is 2.28. The van der Waals surface area contributed by atoms with Crippen LogP contribution in [-0.4, -0.2) is 55.6 Å². The highest BCUT2D eigenvalue weighted by Crippen LogP contribution is 2.22. The van der Waals surface area contributed by atoms with E-state index in [1.165, 1.54) is 36.4 Å². The normalized spacial score (nSPS) is 16.4. The van der Waals surface area contributed by atoms with Crippen LogP contribution < -0.4 is 10.6 Å². The van der Waals surface area contributed by atoms with Gasteiger partial charge in [0.25, 0.3) is 5.91 Å². The molecule has 1 saturated heterocycles. The highest BCUT2D eigenvalue weighted by atomic mass is 19.1. The Balaban J connectivity index is 1.68. The summed E-state index contributed by atoms with van der Waals surface area (Å²) >= 11 is 0. The summed E-state index contributed by atoms with van der Waals surface area (Å²) in [6.07, 6.45) is 0. The van der Waals surface area contributed by atoms with Crippen molar-refractivity contribution < 1.29 is 23.1 Å². The van der Waals surface area contributed by atoms with Crippen LogP contribution in [0.25, 0.3) is 0 Å². The summed E-state index contributed by atoms with van der Waals surface area (Å²) in [5, 5.41) is 5.70. The summed E-state index contributed by atoms with van der Waals surface area (Å²) in [7, 11) is 0. The molecule has 0 aromatic heterocycles. The second-order valence-corrected chi connectivity index (χ2v) is 8.16. The molecular formula is C24H29F2N3O3. The number of halogens is 2. The Hall–Kier alpha value is -2.84. The van der Waals surface area contributed by atoms with Gasteiger partial charge in [-0.1, -0.05) is 26.0 Å². The lowest BCUT2D eigenvalue weighted by Crippen LogP contribution is -2.52. The Morgan fingerprint density at radius 2 is 1.53 bits per heavy atom. The van der Waals surface area contributed by atoms with Gasteiger partial charge in [0.15, 0.2) is 0 Å². The number of nitrogens with zero attached hydrogens (tertiary/aromatic N) is 1. The van der Waals surface area contributed by atoms with Crippen molar-refractivity contribution in [2.75, 3.05) is 32.8 Å². The van der Waals surface area contributed by atoms with Crippen molar-refractivity contribution in [2.45, 2.75) is 25.9 Å². The SMILES string of the molecule is CC(C)C(NC(=O)c1ccc(F)cc1)C(=O)NCC(c1ccc(F)cc1)N1CCOCC1. The summed E-state index contributed by atoms with van der Waals surface area (Å²) in [5.41, 5.74) is 1.17. The summed E-state index contributed by atoms with van der Waals surface area (Å²) in [6.45, 7) is 6.57. The molecule has 0 spiro atoms. The molecule has 6 nitrogen and oxygen atoms in total. The standard InChI is InChI=1S/C24H29F2N3O3/c1-16(2)22(28-23(30)18-5-9-20(26)10-6-18)24(31)27-15-21(29-11-13-32-14-12-29)17-3-7-19(25)8-4-17/h3-10,16,21-22H,11-15H2,1-2H3,(H,27,31)(H,28,30). The van der Waals surface area contributed by atoms with E-state index in [-0.39, 0.29) is 29.2 Å². The van der Waals surface area contributed by atoms with E-state index in [1.54, 1.807) is 12.1 Å². The number of carbonyl (C=O) groups is 2. The predicted molar refractivity (Wildman–Crippen MR) is 117 cm³/mol. The van der Waals surface area contributed by atoms with Crippen molar-refractivity contribution >= 4 is 11.8 Å². The van der Waals surface area contributed by atoms with Gasteiger partial charge in [-0.2, -0.15) is 0 Å². The van der Waals surface area contributed by atoms with Gasteiger partial charge in [-0.25, -0.2) is 8.78 Å². The third-order valence-electron chi connectivity index (χ3n) is 5.55. The minimum absolute atomic E-state index is 0.149. The van der Waals surface area contributed by atoms with Crippen molar-refractivity contribution in [2.24, 2.45) is 5.92 Å². The fraction of sp³-hybridized carbons (Fsp3) is 0.417. The molecule has 2 aromatic carbocycles. The minimum Gasteiger partial charge on any atom is -0.379 e. The predicted octanol–water partition coefficient (Wildman–Crippen LogP) is 2.91. The number of hydrogen-bond acceptors (Lipinski definition) is 4. The van der Waals surface area contributed by atoms with Gasteiger partial charge in [-0.15, -0.1) is 0 Å². The molecule has 0 aliphatic carbocycles. The van der Waals surface area contributed by atoms with Gasteiger partial charge in [-0.05, 0) is 47.9 Å². The molecular weight excluding hydrogens is 416 g/mol. The molecule has 0 radical (unpaired) electrons. The molecule has 1 aliphatic heterocycles. The van der Waals surface area contributed by atoms with Crippen LogP contribution in [0.5, 0.6) is 0 Å². The van der Waals surface area contributed by atoms with Crippen molar-refractivity contribution in [1.29, 1.82) is 0 Å². The van der Waals surface area contributed by atoms with E-state index in [9.17, 15) is 18.4 Å². The third kappa shape index (κ3) is 6.34. The molecule has 8 heteroatoms. The van der Waals surface area contributed by atoms with Gasteiger partial charge < -0.3 is 15.4 Å². The van der Waals surface area contributed by atoms with E-state index in [4.69, 9.17) is 4.74 Å². The van der Waals surface area contributed by atoms with Crippen molar-refractivity contribution in [3.05, 3.63) is 71.3 Å². The maximum absolute atomic E-state index is 13.4. The number of ether oxygens (including phenoxy) is 1. The molecule has 3 rings (SSSR count). The molecule has 0 saturated carbocycles. The molecule has 0 bridgehead atoms. The van der Waals surface area contributed by atoms with Gasteiger partial charge in [0.2, 0.25) is 5.91 Å². The second kappa shape index (κ2) is 11.2. The maximum atomic E-state index is 13.4. The number of benzene rings is 2. The molecule has 172 valence electrons. The average molecular weight is 446 g/mol. The Labute approximate surface area is 186 Å². The molecule has 1 aliphatic rings. The van der Waals surface area contributed by atoms with Crippen LogP contribution in [0.4, 0.5) is 8.78 Å². The van der Waals surface area contributed by atoms with Gasteiger partial charge in [0, 0.05) is 25.2 Å². The molecule has 2 atom stereocenters. The number of amides is 2. The minimum atomic E-state index is -0.758. The Morgan fingerprint density at radius 3 is 2.09 bits per heavy atom. The van der Waals surface area contributed by atoms with E-state index in [1.807, 2.05) is 13.8 Å². The van der Waals surface area contributed by atoms with E-state index in [0.717, 1.165) is 5.56 Å². The molecule has 2 N–H and O–H groups in total. The van der Waals surface area contributed by atoms with E-state index < -0.39 is 17.8 Å². The first kappa shape index (κ1) is 23.8.